The molecule has 3 aromatic rings. The lowest BCUT2D eigenvalue weighted by Crippen LogP contribution is -2.40. The molecule has 7 nitrogen and oxygen atoms in total. The van der Waals surface area contributed by atoms with Crippen molar-refractivity contribution in [1.29, 1.82) is 0 Å². The highest BCUT2D eigenvalue weighted by molar-refractivity contribution is 7.17. The normalized spacial score (nSPS) is 18.9. The van der Waals surface area contributed by atoms with Crippen molar-refractivity contribution in [2.45, 2.75) is 25.5 Å². The maximum atomic E-state index is 13.3. The molecule has 0 spiro atoms. The van der Waals surface area contributed by atoms with E-state index in [1.165, 1.54) is 5.01 Å². The number of rotatable bonds is 5. The van der Waals surface area contributed by atoms with Gasteiger partial charge in [0.15, 0.2) is 0 Å². The van der Waals surface area contributed by atoms with Crippen LogP contribution in [0.4, 0.5) is 0 Å². The summed E-state index contributed by atoms with van der Waals surface area (Å²) in [5.74, 6) is -0.506. The van der Waals surface area contributed by atoms with E-state index in [0.717, 1.165) is 40.9 Å². The molecule has 2 aliphatic rings. The Morgan fingerprint density at radius 2 is 2.13 bits per heavy atom. The first-order valence-electron chi connectivity index (χ1n) is 10.1. The van der Waals surface area contributed by atoms with Crippen LogP contribution in [0.3, 0.4) is 0 Å². The number of nitrogens with one attached hydrogen (secondary N) is 1. The van der Waals surface area contributed by atoms with Crippen molar-refractivity contribution in [2.24, 2.45) is 5.10 Å². The van der Waals surface area contributed by atoms with Gasteiger partial charge in [-0.15, -0.1) is 11.3 Å². The number of nitrogens with zero attached hydrogens (tertiary/aromatic N) is 3. The zero-order chi connectivity index (χ0) is 20.5. The van der Waals surface area contributed by atoms with E-state index in [-0.39, 0.29) is 24.5 Å². The Bertz CT molecular complexity index is 1110. The summed E-state index contributed by atoms with van der Waals surface area (Å²) in [6.45, 7) is 1.55. The predicted octanol–water partition coefficient (Wildman–Crippen LogP) is 2.86. The summed E-state index contributed by atoms with van der Waals surface area (Å²) >= 11 is 1.60. The topological polar surface area (TPSA) is 75.9 Å². The summed E-state index contributed by atoms with van der Waals surface area (Å²) in [5, 5.41) is 10.8. The second-order valence-electron chi connectivity index (χ2n) is 7.50. The molecule has 1 saturated heterocycles. The number of hydrogen-bond donors (Lipinski definition) is 1. The maximum Gasteiger partial charge on any atom is 0.291 e. The summed E-state index contributed by atoms with van der Waals surface area (Å²) in [5.41, 5.74) is 3.24. The van der Waals surface area contributed by atoms with Gasteiger partial charge < -0.3 is 14.6 Å². The lowest BCUT2D eigenvalue weighted by atomic mass is 10.1. The molecule has 5 rings (SSSR count). The largest absolute Gasteiger partial charge is 0.376 e. The van der Waals surface area contributed by atoms with Crippen molar-refractivity contribution in [3.63, 3.8) is 0 Å². The molecule has 0 saturated carbocycles. The van der Waals surface area contributed by atoms with Crippen molar-refractivity contribution in [3.05, 3.63) is 59.1 Å². The van der Waals surface area contributed by atoms with Crippen LogP contribution in [0.25, 0.3) is 10.2 Å². The number of fused-ring (bicyclic) bond motifs is 3. The summed E-state index contributed by atoms with van der Waals surface area (Å²) < 4.78 is 8.60. The summed E-state index contributed by atoms with van der Waals surface area (Å²) in [6, 6.07) is 13.7. The molecule has 1 aromatic carbocycles. The first kappa shape index (κ1) is 19.0. The molecule has 0 unspecified atom stereocenters. The lowest BCUT2D eigenvalue weighted by Gasteiger charge is -2.17. The van der Waals surface area contributed by atoms with Gasteiger partial charge in [0, 0.05) is 13.2 Å². The predicted molar refractivity (Wildman–Crippen MR) is 116 cm³/mol. The van der Waals surface area contributed by atoms with E-state index in [0.29, 0.717) is 18.8 Å². The molecule has 30 heavy (non-hydrogen) atoms. The van der Waals surface area contributed by atoms with Crippen LogP contribution in [0.15, 0.2) is 52.9 Å². The van der Waals surface area contributed by atoms with E-state index >= 15 is 0 Å². The van der Waals surface area contributed by atoms with Gasteiger partial charge in [0.1, 0.15) is 12.2 Å². The van der Waals surface area contributed by atoms with Crippen LogP contribution in [0.5, 0.6) is 0 Å². The minimum atomic E-state index is -0.267. The standard InChI is InChI=1S/C22H22N4O3S/c27-21(23-12-16-7-4-9-29-16)14-26-22(28)19-11-20-18(8-10-30-20)25(19)13-17(24-26)15-5-2-1-3-6-15/h1-3,5-6,8,10-11,16H,4,7,9,12-14H2,(H,23,27)/t16-/m0/s1. The number of hydrogen-bond acceptors (Lipinski definition) is 5. The minimum Gasteiger partial charge on any atom is -0.376 e. The molecular weight excluding hydrogens is 400 g/mol. The maximum absolute atomic E-state index is 13.3. The molecule has 0 aliphatic carbocycles. The Labute approximate surface area is 177 Å². The van der Waals surface area contributed by atoms with Crippen LogP contribution in [-0.4, -0.2) is 52.9 Å². The average molecular weight is 423 g/mol. The molecule has 4 heterocycles. The molecule has 154 valence electrons. The number of benzene rings is 1. The molecule has 2 amide bonds. The second kappa shape index (κ2) is 8.04. The Morgan fingerprint density at radius 3 is 2.93 bits per heavy atom. The number of ether oxygens (including phenoxy) is 1. The van der Waals surface area contributed by atoms with Gasteiger partial charge in [0.05, 0.1) is 28.6 Å². The van der Waals surface area contributed by atoms with Crippen LogP contribution in [-0.2, 0) is 16.1 Å². The van der Waals surface area contributed by atoms with Crippen LogP contribution in [0, 0.1) is 0 Å². The fourth-order valence-electron chi connectivity index (χ4n) is 3.94. The van der Waals surface area contributed by atoms with Crippen molar-refractivity contribution in [3.8, 4) is 0 Å². The van der Waals surface area contributed by atoms with Gasteiger partial charge in [-0.1, -0.05) is 30.3 Å². The Kier molecular flexibility index (Phi) is 5.10. The number of carbonyl (C=O) groups is 2. The third-order valence-electron chi connectivity index (χ3n) is 5.48. The Morgan fingerprint density at radius 1 is 1.27 bits per heavy atom. The molecule has 2 aliphatic heterocycles. The zero-order valence-electron chi connectivity index (χ0n) is 16.4. The number of carbonyl (C=O) groups excluding carboxylic acids is 2. The fourth-order valence-corrected chi connectivity index (χ4v) is 4.76. The number of aromatic nitrogens is 1. The van der Waals surface area contributed by atoms with Crippen LogP contribution in [0.2, 0.25) is 0 Å². The van der Waals surface area contributed by atoms with E-state index in [1.54, 1.807) is 11.3 Å². The average Bonchev–Trinajstić information content (AvgIpc) is 3.48. The van der Waals surface area contributed by atoms with E-state index < -0.39 is 0 Å². The zero-order valence-corrected chi connectivity index (χ0v) is 17.2. The molecule has 8 heteroatoms. The monoisotopic (exact) mass is 422 g/mol. The lowest BCUT2D eigenvalue weighted by molar-refractivity contribution is -0.122. The van der Waals surface area contributed by atoms with Crippen LogP contribution < -0.4 is 5.32 Å². The highest BCUT2D eigenvalue weighted by atomic mass is 32.1. The SMILES string of the molecule is O=C(CN1N=C(c2ccccc2)Cn2c(cc3sccc32)C1=O)NC[C@@H]1CCCO1. The van der Waals surface area contributed by atoms with Crippen molar-refractivity contribution in [1.82, 2.24) is 14.9 Å². The quantitative estimate of drug-likeness (QED) is 0.687. The second-order valence-corrected chi connectivity index (χ2v) is 8.45. The van der Waals surface area contributed by atoms with Gasteiger partial charge in [0.25, 0.3) is 5.91 Å². The van der Waals surface area contributed by atoms with E-state index in [1.807, 2.05) is 52.4 Å². The number of hydrazone groups is 1. The first-order valence-corrected chi connectivity index (χ1v) is 11.0. The van der Waals surface area contributed by atoms with Gasteiger partial charge in [-0.3, -0.25) is 9.59 Å². The summed E-state index contributed by atoms with van der Waals surface area (Å²) in [7, 11) is 0. The molecule has 1 atom stereocenters. The van der Waals surface area contributed by atoms with Crippen LogP contribution >= 0.6 is 11.3 Å². The molecule has 1 N–H and O–H groups in total. The van der Waals surface area contributed by atoms with E-state index in [2.05, 4.69) is 10.4 Å². The van der Waals surface area contributed by atoms with Crippen molar-refractivity contribution in [2.75, 3.05) is 19.7 Å². The van der Waals surface area contributed by atoms with Gasteiger partial charge >= 0.3 is 0 Å². The molecule has 0 radical (unpaired) electrons. The van der Waals surface area contributed by atoms with E-state index in [4.69, 9.17) is 4.74 Å². The summed E-state index contributed by atoms with van der Waals surface area (Å²) in [4.78, 5) is 25.8. The third kappa shape index (κ3) is 3.64. The van der Waals surface area contributed by atoms with Crippen LogP contribution in [0.1, 0.15) is 28.9 Å². The molecule has 0 bridgehead atoms. The van der Waals surface area contributed by atoms with Crippen molar-refractivity contribution >= 4 is 39.1 Å². The highest BCUT2D eigenvalue weighted by Gasteiger charge is 2.28. The van der Waals surface area contributed by atoms with E-state index in [9.17, 15) is 9.59 Å². The number of amides is 2. The molecule has 2 aromatic heterocycles. The minimum absolute atomic E-state index is 0.0567. The molecule has 1 fully saturated rings. The Hall–Kier alpha value is -2.97. The van der Waals surface area contributed by atoms with Crippen molar-refractivity contribution < 1.29 is 14.3 Å². The third-order valence-corrected chi connectivity index (χ3v) is 6.33. The fraction of sp³-hybridized carbons (Fsp3) is 0.318. The van der Waals surface area contributed by atoms with Gasteiger partial charge in [0.2, 0.25) is 5.91 Å². The van der Waals surface area contributed by atoms with Gasteiger partial charge in [-0.05, 0) is 35.9 Å². The van der Waals surface area contributed by atoms with Gasteiger partial charge in [-0.25, -0.2) is 5.01 Å². The summed E-state index contributed by atoms with van der Waals surface area (Å²) in [6.07, 6.45) is 2.02. The smallest absolute Gasteiger partial charge is 0.291 e. The Balaban J connectivity index is 1.44. The first-order chi connectivity index (χ1) is 14.7. The molecular formula is C22H22N4O3S. The highest BCUT2D eigenvalue weighted by Crippen LogP contribution is 2.28. The number of thiophene rings is 1. The van der Waals surface area contributed by atoms with Gasteiger partial charge in [-0.2, -0.15) is 5.10 Å².